The summed E-state index contributed by atoms with van der Waals surface area (Å²) in [6, 6.07) is 7.04. The first-order valence-electron chi connectivity index (χ1n) is 11.7. The van der Waals surface area contributed by atoms with E-state index in [0.717, 1.165) is 23.2 Å². The van der Waals surface area contributed by atoms with Gasteiger partial charge in [0.05, 0.1) is 5.52 Å². The number of halogens is 2. The number of hydrogen-bond acceptors (Lipinski definition) is 3. The smallest absolute Gasteiger partial charge is 0.150 e. The number of anilines is 1. The van der Waals surface area contributed by atoms with Crippen molar-refractivity contribution in [1.82, 2.24) is 10.3 Å². The van der Waals surface area contributed by atoms with Gasteiger partial charge in [0.2, 0.25) is 0 Å². The van der Waals surface area contributed by atoms with Crippen molar-refractivity contribution >= 4 is 22.4 Å². The highest BCUT2D eigenvalue weighted by Gasteiger charge is 2.37. The van der Waals surface area contributed by atoms with Crippen LogP contribution in [0.5, 0.6) is 0 Å². The number of amidine groups is 1. The van der Waals surface area contributed by atoms with Gasteiger partial charge in [-0.3, -0.25) is 5.32 Å². The van der Waals surface area contributed by atoms with E-state index in [1.165, 1.54) is 49.3 Å². The van der Waals surface area contributed by atoms with Crippen molar-refractivity contribution in [3.8, 4) is 0 Å². The lowest BCUT2D eigenvalue weighted by Crippen LogP contribution is -2.46. The maximum Gasteiger partial charge on any atom is 0.150 e. The largest absolute Gasteiger partial charge is 0.358 e. The highest BCUT2D eigenvalue weighted by Crippen LogP contribution is 2.43. The fourth-order valence-corrected chi connectivity index (χ4v) is 5.98. The number of H-pyrrole nitrogens is 1. The second-order valence-corrected chi connectivity index (χ2v) is 9.78. The highest BCUT2D eigenvalue weighted by molar-refractivity contribution is 6.17. The van der Waals surface area contributed by atoms with Gasteiger partial charge in [-0.25, -0.2) is 13.8 Å². The van der Waals surface area contributed by atoms with Gasteiger partial charge < -0.3 is 10.3 Å². The summed E-state index contributed by atoms with van der Waals surface area (Å²) in [7, 11) is 0. The van der Waals surface area contributed by atoms with Crippen LogP contribution in [-0.2, 0) is 0 Å². The predicted molar refractivity (Wildman–Crippen MR) is 124 cm³/mol. The van der Waals surface area contributed by atoms with Crippen LogP contribution in [0.25, 0.3) is 10.9 Å². The Kier molecular flexibility index (Phi) is 4.61. The third kappa shape index (κ3) is 3.15. The molecule has 2 atom stereocenters. The minimum Gasteiger partial charge on any atom is -0.358 e. The van der Waals surface area contributed by atoms with E-state index < -0.39 is 11.6 Å². The van der Waals surface area contributed by atoms with Crippen molar-refractivity contribution in [2.45, 2.75) is 58.2 Å². The van der Waals surface area contributed by atoms with Gasteiger partial charge in [-0.1, -0.05) is 25.0 Å². The molecule has 0 spiro atoms. The standard InChI is InChI=1S/C26H28F2N4/c1-13-3-8-18-23(14(13)2)31-26(20-12-29-24-19(20)10-17(27)11-21(24)28)32-25(18)30-22-9-15-4-6-16(22)7-5-15/h3,8,10-12,15-16,22,25,29-30H,4-7,9H2,1-2H3,(H,31,32). The summed E-state index contributed by atoms with van der Waals surface area (Å²) in [4.78, 5) is 8.02. The third-order valence-corrected chi connectivity index (χ3v) is 7.95. The van der Waals surface area contributed by atoms with Gasteiger partial charge in [-0.15, -0.1) is 0 Å². The lowest BCUT2D eigenvalue weighted by atomic mass is 9.68. The Hall–Kier alpha value is -2.73. The van der Waals surface area contributed by atoms with E-state index in [1.54, 1.807) is 6.20 Å². The molecule has 3 aromatic rings. The van der Waals surface area contributed by atoms with Gasteiger partial charge in [-0.05, 0) is 62.1 Å². The Bertz CT molecular complexity index is 1240. The maximum absolute atomic E-state index is 14.3. The number of hydrogen-bond donors (Lipinski definition) is 3. The first-order chi connectivity index (χ1) is 15.5. The van der Waals surface area contributed by atoms with Gasteiger partial charge in [0.15, 0.2) is 0 Å². The Morgan fingerprint density at radius 2 is 1.88 bits per heavy atom. The molecule has 2 heterocycles. The fraction of sp³-hybridized carbons (Fsp3) is 0.423. The zero-order valence-corrected chi connectivity index (χ0v) is 18.4. The van der Waals surface area contributed by atoms with E-state index in [2.05, 4.69) is 41.6 Å². The van der Waals surface area contributed by atoms with Gasteiger partial charge in [-0.2, -0.15) is 0 Å². The summed E-state index contributed by atoms with van der Waals surface area (Å²) in [5.41, 5.74) is 5.52. The summed E-state index contributed by atoms with van der Waals surface area (Å²) in [5, 5.41) is 7.85. The Balaban J connectivity index is 1.44. The Morgan fingerprint density at radius 1 is 1.06 bits per heavy atom. The lowest BCUT2D eigenvalue weighted by Gasteiger charge is -2.44. The molecule has 0 amide bonds. The molecule has 2 aromatic carbocycles. The number of aromatic nitrogens is 1. The van der Waals surface area contributed by atoms with E-state index in [0.29, 0.717) is 34.3 Å². The monoisotopic (exact) mass is 434 g/mol. The molecule has 2 bridgehead atoms. The molecule has 1 aromatic heterocycles. The molecule has 7 rings (SSSR count). The molecule has 3 fully saturated rings. The summed E-state index contributed by atoms with van der Waals surface area (Å²) in [5.74, 6) is 0.984. The summed E-state index contributed by atoms with van der Waals surface area (Å²) in [6.45, 7) is 4.21. The van der Waals surface area contributed by atoms with Crippen LogP contribution in [0.4, 0.5) is 14.5 Å². The van der Waals surface area contributed by atoms with Crippen molar-refractivity contribution in [2.75, 3.05) is 5.32 Å². The molecule has 3 N–H and O–H groups in total. The van der Waals surface area contributed by atoms with E-state index >= 15 is 0 Å². The van der Waals surface area contributed by atoms with Crippen LogP contribution >= 0.6 is 0 Å². The number of aliphatic imine (C=N–C) groups is 1. The Morgan fingerprint density at radius 3 is 2.62 bits per heavy atom. The van der Waals surface area contributed by atoms with Crippen LogP contribution < -0.4 is 10.6 Å². The fourth-order valence-electron chi connectivity index (χ4n) is 5.98. The number of nitrogens with zero attached hydrogens (tertiary/aromatic N) is 1. The third-order valence-electron chi connectivity index (χ3n) is 7.95. The molecule has 0 radical (unpaired) electrons. The molecule has 0 saturated heterocycles. The van der Waals surface area contributed by atoms with Gasteiger partial charge in [0, 0.05) is 40.5 Å². The van der Waals surface area contributed by atoms with Crippen LogP contribution in [0.2, 0.25) is 0 Å². The van der Waals surface area contributed by atoms with Crippen LogP contribution in [0.1, 0.15) is 60.5 Å². The van der Waals surface area contributed by atoms with Crippen molar-refractivity contribution < 1.29 is 8.78 Å². The zero-order valence-electron chi connectivity index (χ0n) is 18.4. The molecule has 4 aliphatic rings. The van der Waals surface area contributed by atoms with Crippen molar-refractivity contribution in [3.63, 3.8) is 0 Å². The molecule has 6 heteroatoms. The molecule has 166 valence electrons. The summed E-state index contributed by atoms with van der Waals surface area (Å²) in [6.07, 6.45) is 8.04. The van der Waals surface area contributed by atoms with Crippen LogP contribution in [0.3, 0.4) is 0 Å². The summed E-state index contributed by atoms with van der Waals surface area (Å²) < 4.78 is 28.3. The van der Waals surface area contributed by atoms with Gasteiger partial charge in [0.1, 0.15) is 23.6 Å². The maximum atomic E-state index is 14.3. The zero-order chi connectivity index (χ0) is 22.0. The number of aromatic amines is 1. The second-order valence-electron chi connectivity index (χ2n) is 9.78. The quantitative estimate of drug-likeness (QED) is 0.466. The van der Waals surface area contributed by atoms with Crippen molar-refractivity contribution in [2.24, 2.45) is 16.8 Å². The van der Waals surface area contributed by atoms with E-state index in [1.807, 2.05) is 0 Å². The molecule has 3 saturated carbocycles. The minimum absolute atomic E-state index is 0.187. The molecule has 1 aliphatic heterocycles. The predicted octanol–water partition coefficient (Wildman–Crippen LogP) is 6.10. The number of fused-ring (bicyclic) bond motifs is 5. The average Bonchev–Trinajstić information content (AvgIpc) is 3.21. The van der Waals surface area contributed by atoms with E-state index in [9.17, 15) is 8.78 Å². The lowest BCUT2D eigenvalue weighted by molar-refractivity contribution is 0.116. The first kappa shape index (κ1) is 19.9. The van der Waals surface area contributed by atoms with E-state index in [-0.39, 0.29) is 6.17 Å². The topological polar surface area (TPSA) is 52.2 Å². The number of aryl methyl sites for hydroxylation is 1. The Labute approximate surface area is 186 Å². The highest BCUT2D eigenvalue weighted by atomic mass is 19.1. The molecular formula is C26H28F2N4. The molecule has 32 heavy (non-hydrogen) atoms. The molecule has 4 nitrogen and oxygen atoms in total. The van der Waals surface area contributed by atoms with Crippen LogP contribution in [-0.4, -0.2) is 16.9 Å². The number of rotatable bonds is 3. The van der Waals surface area contributed by atoms with E-state index in [4.69, 9.17) is 4.99 Å². The molecular weight excluding hydrogens is 406 g/mol. The van der Waals surface area contributed by atoms with Crippen LogP contribution in [0.15, 0.2) is 35.5 Å². The van der Waals surface area contributed by atoms with Gasteiger partial charge in [0.25, 0.3) is 0 Å². The van der Waals surface area contributed by atoms with Gasteiger partial charge >= 0.3 is 0 Å². The average molecular weight is 435 g/mol. The van der Waals surface area contributed by atoms with Crippen molar-refractivity contribution in [1.29, 1.82) is 0 Å². The molecule has 2 unspecified atom stereocenters. The van der Waals surface area contributed by atoms with Crippen LogP contribution in [0, 0.1) is 37.3 Å². The number of benzene rings is 2. The SMILES string of the molecule is Cc1ccc2c(c1C)NC(c1c[nH]c3c(F)cc(F)cc13)=NC2NC1CC2CCC1CC2. The minimum atomic E-state index is -0.594. The summed E-state index contributed by atoms with van der Waals surface area (Å²) >= 11 is 0. The second kappa shape index (κ2) is 7.41. The normalized spacial score (nSPS) is 26.7. The number of nitrogens with one attached hydrogen (secondary N) is 3. The van der Waals surface area contributed by atoms with Crippen molar-refractivity contribution in [3.05, 3.63) is 64.4 Å². The molecule has 3 aliphatic carbocycles. The first-order valence-corrected chi connectivity index (χ1v) is 11.7.